The van der Waals surface area contributed by atoms with Crippen molar-refractivity contribution >= 4 is 5.78 Å². The highest BCUT2D eigenvalue weighted by Crippen LogP contribution is 2.12. The standard InChI is InChI=1S/C18H21NO/c1-2-3-4-5-7-15-9-11-16(12-10-15)18(20)17-8-6-13-19-14-17/h6,8-14H,2-5,7H2,1H3. The lowest BCUT2D eigenvalue weighted by Crippen LogP contribution is -2.01. The summed E-state index contributed by atoms with van der Waals surface area (Å²) < 4.78 is 0. The van der Waals surface area contributed by atoms with Crippen LogP contribution in [0.5, 0.6) is 0 Å². The van der Waals surface area contributed by atoms with Gasteiger partial charge in [0.1, 0.15) is 0 Å². The number of carbonyl (C=O) groups is 1. The molecule has 0 aliphatic heterocycles. The van der Waals surface area contributed by atoms with Gasteiger partial charge in [0.2, 0.25) is 0 Å². The Kier molecular flexibility index (Phi) is 5.48. The molecule has 104 valence electrons. The molecule has 1 heterocycles. The second-order valence-corrected chi connectivity index (χ2v) is 5.08. The first-order chi connectivity index (χ1) is 9.81. The molecule has 2 nitrogen and oxygen atoms in total. The summed E-state index contributed by atoms with van der Waals surface area (Å²) >= 11 is 0. The molecule has 2 aromatic rings. The predicted octanol–water partition coefficient (Wildman–Crippen LogP) is 4.44. The molecule has 0 unspecified atom stereocenters. The summed E-state index contributed by atoms with van der Waals surface area (Å²) in [6.45, 7) is 2.22. The molecule has 0 spiro atoms. The molecule has 0 saturated carbocycles. The van der Waals surface area contributed by atoms with Crippen molar-refractivity contribution in [3.63, 3.8) is 0 Å². The highest BCUT2D eigenvalue weighted by molar-refractivity contribution is 6.08. The smallest absolute Gasteiger partial charge is 0.194 e. The topological polar surface area (TPSA) is 30.0 Å². The van der Waals surface area contributed by atoms with Crippen molar-refractivity contribution in [3.8, 4) is 0 Å². The van der Waals surface area contributed by atoms with Crippen molar-refractivity contribution in [3.05, 3.63) is 65.5 Å². The summed E-state index contributed by atoms with van der Waals surface area (Å²) in [6.07, 6.45) is 9.46. The van der Waals surface area contributed by atoms with Crippen LogP contribution in [-0.2, 0) is 6.42 Å². The Morgan fingerprint density at radius 2 is 1.80 bits per heavy atom. The van der Waals surface area contributed by atoms with Crippen LogP contribution in [0.2, 0.25) is 0 Å². The maximum absolute atomic E-state index is 12.2. The van der Waals surface area contributed by atoms with Crippen molar-refractivity contribution in [1.82, 2.24) is 4.98 Å². The second kappa shape index (κ2) is 7.59. The van der Waals surface area contributed by atoms with Gasteiger partial charge in [-0.15, -0.1) is 0 Å². The lowest BCUT2D eigenvalue weighted by atomic mass is 10.0. The summed E-state index contributed by atoms with van der Waals surface area (Å²) in [7, 11) is 0. The zero-order chi connectivity index (χ0) is 14.2. The molecule has 2 rings (SSSR count). The molecule has 0 fully saturated rings. The van der Waals surface area contributed by atoms with E-state index in [1.165, 1.54) is 31.2 Å². The number of pyridine rings is 1. The first kappa shape index (κ1) is 14.4. The molecular weight excluding hydrogens is 246 g/mol. The third-order valence-corrected chi connectivity index (χ3v) is 3.46. The third kappa shape index (κ3) is 4.02. The van der Waals surface area contributed by atoms with Gasteiger partial charge >= 0.3 is 0 Å². The van der Waals surface area contributed by atoms with Crippen LogP contribution in [0.15, 0.2) is 48.8 Å². The van der Waals surface area contributed by atoms with Crippen LogP contribution in [0.1, 0.15) is 54.1 Å². The fraction of sp³-hybridized carbons (Fsp3) is 0.333. The van der Waals surface area contributed by atoms with Gasteiger partial charge in [0.05, 0.1) is 0 Å². The van der Waals surface area contributed by atoms with Gasteiger partial charge < -0.3 is 0 Å². The van der Waals surface area contributed by atoms with Gasteiger partial charge in [0.15, 0.2) is 5.78 Å². The zero-order valence-electron chi connectivity index (χ0n) is 12.0. The highest BCUT2D eigenvalue weighted by atomic mass is 16.1. The molecule has 0 bridgehead atoms. The highest BCUT2D eigenvalue weighted by Gasteiger charge is 2.08. The van der Waals surface area contributed by atoms with Crippen molar-refractivity contribution in [1.29, 1.82) is 0 Å². The summed E-state index contributed by atoms with van der Waals surface area (Å²) in [5.41, 5.74) is 2.68. The average molecular weight is 267 g/mol. The van der Waals surface area contributed by atoms with Crippen molar-refractivity contribution < 1.29 is 4.79 Å². The molecule has 0 amide bonds. The number of carbonyl (C=O) groups excluding carboxylic acids is 1. The monoisotopic (exact) mass is 267 g/mol. The van der Waals surface area contributed by atoms with Crippen LogP contribution >= 0.6 is 0 Å². The number of rotatable bonds is 7. The van der Waals surface area contributed by atoms with E-state index in [0.29, 0.717) is 5.56 Å². The second-order valence-electron chi connectivity index (χ2n) is 5.08. The van der Waals surface area contributed by atoms with Crippen LogP contribution in [0.3, 0.4) is 0 Å². The Morgan fingerprint density at radius 3 is 2.45 bits per heavy atom. The van der Waals surface area contributed by atoms with Crippen molar-refractivity contribution in [2.45, 2.75) is 39.0 Å². The van der Waals surface area contributed by atoms with Gasteiger partial charge in [-0.25, -0.2) is 0 Å². The van der Waals surface area contributed by atoms with Gasteiger partial charge in [-0.3, -0.25) is 9.78 Å². The largest absolute Gasteiger partial charge is 0.289 e. The number of aryl methyl sites for hydroxylation is 1. The van der Waals surface area contributed by atoms with E-state index in [2.05, 4.69) is 24.0 Å². The lowest BCUT2D eigenvalue weighted by molar-refractivity contribution is 0.103. The maximum Gasteiger partial charge on any atom is 0.194 e. The van der Waals surface area contributed by atoms with Crippen molar-refractivity contribution in [2.75, 3.05) is 0 Å². The van der Waals surface area contributed by atoms with Crippen molar-refractivity contribution in [2.24, 2.45) is 0 Å². The van der Waals surface area contributed by atoms with Crippen LogP contribution in [0, 0.1) is 0 Å². The Balaban J connectivity index is 1.96. The van der Waals surface area contributed by atoms with E-state index in [1.54, 1.807) is 24.5 Å². The Hall–Kier alpha value is -1.96. The quantitative estimate of drug-likeness (QED) is 0.548. The molecule has 1 aromatic carbocycles. The van der Waals surface area contributed by atoms with Gasteiger partial charge in [0, 0.05) is 23.5 Å². The van der Waals surface area contributed by atoms with Gasteiger partial charge in [-0.05, 0) is 30.5 Å². The van der Waals surface area contributed by atoms with Crippen LogP contribution in [-0.4, -0.2) is 10.8 Å². The minimum absolute atomic E-state index is 0.0376. The minimum atomic E-state index is 0.0376. The molecule has 0 N–H and O–H groups in total. The van der Waals surface area contributed by atoms with Gasteiger partial charge in [-0.2, -0.15) is 0 Å². The maximum atomic E-state index is 12.2. The zero-order valence-corrected chi connectivity index (χ0v) is 12.0. The van der Waals surface area contributed by atoms with E-state index in [1.807, 2.05) is 12.1 Å². The number of hydrogen-bond acceptors (Lipinski definition) is 2. The van der Waals surface area contributed by atoms with Crippen LogP contribution < -0.4 is 0 Å². The Morgan fingerprint density at radius 1 is 1.00 bits per heavy atom. The fourth-order valence-corrected chi connectivity index (χ4v) is 2.24. The first-order valence-corrected chi connectivity index (χ1v) is 7.35. The van der Waals surface area contributed by atoms with E-state index in [4.69, 9.17) is 0 Å². The fourth-order valence-electron chi connectivity index (χ4n) is 2.24. The molecule has 1 aromatic heterocycles. The minimum Gasteiger partial charge on any atom is -0.289 e. The Bertz CT molecular complexity index is 531. The Labute approximate surface area is 120 Å². The number of benzene rings is 1. The molecule has 0 atom stereocenters. The molecule has 2 heteroatoms. The van der Waals surface area contributed by atoms with Gasteiger partial charge in [-0.1, -0.05) is 50.5 Å². The van der Waals surface area contributed by atoms with Crippen LogP contribution in [0.4, 0.5) is 0 Å². The van der Waals surface area contributed by atoms with E-state index >= 15 is 0 Å². The number of hydrogen-bond donors (Lipinski definition) is 0. The number of ketones is 1. The predicted molar refractivity (Wildman–Crippen MR) is 82.0 cm³/mol. The van der Waals surface area contributed by atoms with E-state index in [0.717, 1.165) is 12.0 Å². The summed E-state index contributed by atoms with van der Waals surface area (Å²) in [4.78, 5) is 16.2. The third-order valence-electron chi connectivity index (χ3n) is 3.46. The van der Waals surface area contributed by atoms with E-state index in [9.17, 15) is 4.79 Å². The molecular formula is C18H21NO. The molecule has 0 radical (unpaired) electrons. The molecule has 0 aliphatic carbocycles. The lowest BCUT2D eigenvalue weighted by Gasteiger charge is -2.04. The van der Waals surface area contributed by atoms with Gasteiger partial charge in [0.25, 0.3) is 0 Å². The number of unbranched alkanes of at least 4 members (excludes halogenated alkanes) is 3. The molecule has 0 saturated heterocycles. The summed E-state index contributed by atoms with van der Waals surface area (Å²) in [5.74, 6) is 0.0376. The van der Waals surface area contributed by atoms with Crippen LogP contribution in [0.25, 0.3) is 0 Å². The SMILES string of the molecule is CCCCCCc1ccc(C(=O)c2cccnc2)cc1. The van der Waals surface area contributed by atoms with E-state index < -0.39 is 0 Å². The number of aromatic nitrogens is 1. The molecule has 20 heavy (non-hydrogen) atoms. The molecule has 0 aliphatic rings. The first-order valence-electron chi connectivity index (χ1n) is 7.35. The van der Waals surface area contributed by atoms with E-state index in [-0.39, 0.29) is 5.78 Å². The summed E-state index contributed by atoms with van der Waals surface area (Å²) in [5, 5.41) is 0. The average Bonchev–Trinajstić information content (AvgIpc) is 2.52. The summed E-state index contributed by atoms with van der Waals surface area (Å²) in [6, 6.07) is 11.6. The number of nitrogens with zero attached hydrogens (tertiary/aromatic N) is 1. The normalized spacial score (nSPS) is 10.4.